The lowest BCUT2D eigenvalue weighted by Crippen LogP contribution is -2.16. The highest BCUT2D eigenvalue weighted by Crippen LogP contribution is 1.93. The van der Waals surface area contributed by atoms with Gasteiger partial charge in [-0.15, -0.1) is 0 Å². The second kappa shape index (κ2) is 9.22. The topological polar surface area (TPSA) is 80.3 Å². The average molecular weight is 222 g/mol. The molecule has 0 aromatic carbocycles. The Labute approximate surface area is 87.0 Å². The number of hydrogen-bond acceptors (Lipinski definition) is 7. The lowest BCUT2D eigenvalue weighted by atomic mass is 10.5. The van der Waals surface area contributed by atoms with Crippen LogP contribution >= 0.6 is 0 Å². The molecule has 0 bridgehead atoms. The van der Waals surface area contributed by atoms with Crippen LogP contribution in [0.2, 0.25) is 0 Å². The second-order valence-electron chi connectivity index (χ2n) is 2.41. The Hall–Kier alpha value is -1.34. The summed E-state index contributed by atoms with van der Waals surface area (Å²) in [6, 6.07) is 0. The molecule has 0 saturated heterocycles. The number of carbonyl (C=O) groups is 2. The summed E-state index contributed by atoms with van der Waals surface area (Å²) in [7, 11) is 0. The molecule has 0 spiro atoms. The van der Waals surface area contributed by atoms with E-state index >= 15 is 0 Å². The summed E-state index contributed by atoms with van der Waals surface area (Å²) in [5, 5.41) is 0. The SMILES string of the molecule is CCCOOC(=O)OC(=O)OOCCC. The van der Waals surface area contributed by atoms with Gasteiger partial charge in [-0.2, -0.15) is 9.78 Å². The monoisotopic (exact) mass is 222 g/mol. The molecule has 0 heterocycles. The molecule has 0 aliphatic carbocycles. The molecule has 0 aromatic rings. The Kier molecular flexibility index (Phi) is 8.40. The summed E-state index contributed by atoms with van der Waals surface area (Å²) in [5.74, 6) is 0. The molecule has 0 radical (unpaired) electrons. The van der Waals surface area contributed by atoms with Crippen LogP contribution in [0.5, 0.6) is 0 Å². The highest BCUT2D eigenvalue weighted by Gasteiger charge is 2.14. The molecule has 15 heavy (non-hydrogen) atoms. The van der Waals surface area contributed by atoms with Crippen LogP contribution in [0.15, 0.2) is 0 Å². The van der Waals surface area contributed by atoms with Crippen molar-refractivity contribution in [2.45, 2.75) is 26.7 Å². The first-order valence-electron chi connectivity index (χ1n) is 4.55. The zero-order valence-electron chi connectivity index (χ0n) is 8.69. The van der Waals surface area contributed by atoms with Crippen molar-refractivity contribution < 1.29 is 33.9 Å². The van der Waals surface area contributed by atoms with Gasteiger partial charge in [-0.3, -0.25) is 9.78 Å². The maximum atomic E-state index is 10.6. The summed E-state index contributed by atoms with van der Waals surface area (Å²) in [4.78, 5) is 38.0. The summed E-state index contributed by atoms with van der Waals surface area (Å²) in [6.07, 6.45) is -1.27. The van der Waals surface area contributed by atoms with Crippen molar-refractivity contribution in [3.63, 3.8) is 0 Å². The number of ether oxygens (including phenoxy) is 1. The number of carbonyl (C=O) groups excluding carboxylic acids is 2. The van der Waals surface area contributed by atoms with E-state index in [4.69, 9.17) is 0 Å². The third-order valence-electron chi connectivity index (χ3n) is 0.996. The fraction of sp³-hybridized carbons (Fsp3) is 0.750. The van der Waals surface area contributed by atoms with E-state index in [-0.39, 0.29) is 13.2 Å². The zero-order chi connectivity index (χ0) is 11.5. The maximum Gasteiger partial charge on any atom is 0.550 e. The lowest BCUT2D eigenvalue weighted by Gasteiger charge is -2.02. The van der Waals surface area contributed by atoms with Gasteiger partial charge in [0.1, 0.15) is 0 Å². The van der Waals surface area contributed by atoms with Crippen molar-refractivity contribution in [2.24, 2.45) is 0 Å². The fourth-order valence-electron chi connectivity index (χ4n) is 0.448. The van der Waals surface area contributed by atoms with Gasteiger partial charge in [0.05, 0.1) is 13.2 Å². The molecule has 0 N–H and O–H groups in total. The summed E-state index contributed by atoms with van der Waals surface area (Å²) in [5.41, 5.74) is 0. The van der Waals surface area contributed by atoms with Crippen molar-refractivity contribution in [3.8, 4) is 0 Å². The van der Waals surface area contributed by atoms with E-state index in [2.05, 4.69) is 24.3 Å². The second-order valence-corrected chi connectivity index (χ2v) is 2.41. The summed E-state index contributed by atoms with van der Waals surface area (Å²) in [6.45, 7) is 4.08. The Morgan fingerprint density at radius 2 is 1.27 bits per heavy atom. The quantitative estimate of drug-likeness (QED) is 0.223. The van der Waals surface area contributed by atoms with Crippen molar-refractivity contribution in [1.29, 1.82) is 0 Å². The molecular formula is C8H14O7. The molecule has 7 nitrogen and oxygen atoms in total. The van der Waals surface area contributed by atoms with Crippen molar-refractivity contribution >= 4 is 12.3 Å². The van der Waals surface area contributed by atoms with Gasteiger partial charge < -0.3 is 4.74 Å². The minimum atomic E-state index is -1.30. The first kappa shape index (κ1) is 13.7. The normalized spacial score (nSPS) is 9.47. The summed E-state index contributed by atoms with van der Waals surface area (Å²) >= 11 is 0. The minimum Gasteiger partial charge on any atom is -0.323 e. The molecule has 7 heteroatoms. The van der Waals surface area contributed by atoms with Gasteiger partial charge in [0.15, 0.2) is 0 Å². The van der Waals surface area contributed by atoms with Crippen molar-refractivity contribution in [3.05, 3.63) is 0 Å². The van der Waals surface area contributed by atoms with Crippen LogP contribution in [0.25, 0.3) is 0 Å². The van der Waals surface area contributed by atoms with Crippen LogP contribution in [0.1, 0.15) is 26.7 Å². The van der Waals surface area contributed by atoms with E-state index in [1.54, 1.807) is 0 Å². The van der Waals surface area contributed by atoms with E-state index < -0.39 is 12.3 Å². The van der Waals surface area contributed by atoms with Gasteiger partial charge in [0.2, 0.25) is 0 Å². The van der Waals surface area contributed by atoms with E-state index in [0.29, 0.717) is 12.8 Å². The van der Waals surface area contributed by atoms with Gasteiger partial charge in [-0.25, -0.2) is 9.59 Å². The van der Waals surface area contributed by atoms with Gasteiger partial charge in [-0.1, -0.05) is 13.8 Å². The molecule has 0 fully saturated rings. The van der Waals surface area contributed by atoms with Gasteiger partial charge in [-0.05, 0) is 12.8 Å². The molecule has 0 aliphatic rings. The Morgan fingerprint density at radius 1 is 0.867 bits per heavy atom. The van der Waals surface area contributed by atoms with E-state index in [9.17, 15) is 9.59 Å². The summed E-state index contributed by atoms with van der Waals surface area (Å²) < 4.78 is 3.97. The highest BCUT2D eigenvalue weighted by atomic mass is 17.3. The zero-order valence-corrected chi connectivity index (χ0v) is 8.69. The fourth-order valence-corrected chi connectivity index (χ4v) is 0.448. The molecule has 88 valence electrons. The molecule has 0 amide bonds. The first-order valence-corrected chi connectivity index (χ1v) is 4.55. The van der Waals surface area contributed by atoms with Crippen LogP contribution in [0.4, 0.5) is 9.59 Å². The Balaban J connectivity index is 3.45. The molecule has 0 unspecified atom stereocenters. The predicted molar refractivity (Wildman–Crippen MR) is 46.5 cm³/mol. The van der Waals surface area contributed by atoms with Gasteiger partial charge in [0.25, 0.3) is 0 Å². The standard InChI is InChI=1S/C8H14O7/c1-3-5-11-14-7(9)13-8(10)15-12-6-4-2/h3-6H2,1-2H3. The van der Waals surface area contributed by atoms with Crippen LogP contribution < -0.4 is 0 Å². The minimum absolute atomic E-state index is 0.219. The molecule has 0 atom stereocenters. The van der Waals surface area contributed by atoms with Crippen LogP contribution in [0, 0.1) is 0 Å². The molecule has 0 saturated carbocycles. The lowest BCUT2D eigenvalue weighted by molar-refractivity contribution is -0.270. The van der Waals surface area contributed by atoms with E-state index in [1.165, 1.54) is 0 Å². The van der Waals surface area contributed by atoms with Crippen molar-refractivity contribution in [1.82, 2.24) is 0 Å². The first-order chi connectivity index (χ1) is 7.20. The Bertz CT molecular complexity index is 171. The smallest absolute Gasteiger partial charge is 0.323 e. The van der Waals surface area contributed by atoms with Crippen LogP contribution in [-0.4, -0.2) is 25.5 Å². The van der Waals surface area contributed by atoms with E-state index in [1.807, 2.05) is 13.8 Å². The predicted octanol–water partition coefficient (Wildman–Crippen LogP) is 1.96. The largest absolute Gasteiger partial charge is 0.550 e. The molecule has 0 aromatic heterocycles. The van der Waals surface area contributed by atoms with Gasteiger partial charge in [0, 0.05) is 0 Å². The molecule has 0 rings (SSSR count). The van der Waals surface area contributed by atoms with Gasteiger partial charge >= 0.3 is 12.3 Å². The van der Waals surface area contributed by atoms with Crippen LogP contribution in [0.3, 0.4) is 0 Å². The maximum absolute atomic E-state index is 10.6. The molecular weight excluding hydrogens is 208 g/mol. The number of hydrogen-bond donors (Lipinski definition) is 0. The number of rotatable bonds is 6. The highest BCUT2D eigenvalue weighted by molar-refractivity contribution is 5.76. The van der Waals surface area contributed by atoms with Crippen molar-refractivity contribution in [2.75, 3.05) is 13.2 Å². The Morgan fingerprint density at radius 3 is 1.60 bits per heavy atom. The average Bonchev–Trinajstić information content (AvgIpc) is 2.18. The van der Waals surface area contributed by atoms with E-state index in [0.717, 1.165) is 0 Å². The van der Waals surface area contributed by atoms with Crippen LogP contribution in [-0.2, 0) is 24.3 Å². The third-order valence-corrected chi connectivity index (χ3v) is 0.996. The molecule has 0 aliphatic heterocycles. The third kappa shape index (κ3) is 8.98.